The minimum atomic E-state index is -4.56. The Balaban J connectivity index is 4.20. The molecule has 15 heavy (non-hydrogen) atoms. The zero-order valence-electron chi connectivity index (χ0n) is 7.99. The average Bonchev–Trinajstić information content (AvgIpc) is 1.94. The molecule has 0 saturated heterocycles. The van der Waals surface area contributed by atoms with Gasteiger partial charge in [-0.25, -0.2) is 0 Å². The molecule has 0 aliphatic heterocycles. The van der Waals surface area contributed by atoms with Crippen molar-refractivity contribution in [2.24, 2.45) is 11.7 Å². The highest BCUT2D eigenvalue weighted by Gasteiger charge is 2.40. The Bertz CT molecular complexity index is 187. The number of hydrogen-bond donors (Lipinski definition) is 1. The number of alkyl halides is 6. The van der Waals surface area contributed by atoms with Crippen molar-refractivity contribution in [2.45, 2.75) is 12.4 Å². The van der Waals surface area contributed by atoms with Gasteiger partial charge in [0.1, 0.15) is 0 Å². The lowest BCUT2D eigenvalue weighted by molar-refractivity contribution is -0.184. The van der Waals surface area contributed by atoms with Crippen LogP contribution in [0.1, 0.15) is 0 Å². The van der Waals surface area contributed by atoms with Gasteiger partial charge in [-0.2, -0.15) is 26.3 Å². The second kappa shape index (κ2) is 5.02. The second-order valence-corrected chi connectivity index (χ2v) is 3.29. The molecule has 0 radical (unpaired) electrons. The van der Waals surface area contributed by atoms with Crippen LogP contribution in [0.25, 0.3) is 0 Å². The number of halogens is 6. The minimum Gasteiger partial charge on any atom is -0.330 e. The molecule has 92 valence electrons. The summed E-state index contributed by atoms with van der Waals surface area (Å²) in [5.74, 6) is -1.93. The van der Waals surface area contributed by atoms with Crippen LogP contribution in [0, 0.1) is 5.92 Å². The fraction of sp³-hybridized carbons (Fsp3) is 1.00. The average molecular weight is 238 g/mol. The van der Waals surface area contributed by atoms with E-state index in [4.69, 9.17) is 5.73 Å². The molecule has 0 aromatic carbocycles. The third kappa shape index (κ3) is 6.56. The molecule has 0 aliphatic rings. The molecule has 0 rings (SSSR count). The maximum absolute atomic E-state index is 12.1. The molecule has 8 heteroatoms. The molecule has 0 saturated carbocycles. The summed E-state index contributed by atoms with van der Waals surface area (Å²) in [6.07, 6.45) is -9.06. The van der Waals surface area contributed by atoms with Gasteiger partial charge in [0, 0.05) is 13.1 Å². The topological polar surface area (TPSA) is 29.3 Å². The van der Waals surface area contributed by atoms with Crippen LogP contribution in [0.3, 0.4) is 0 Å². The third-order valence-corrected chi connectivity index (χ3v) is 1.73. The quantitative estimate of drug-likeness (QED) is 0.754. The van der Waals surface area contributed by atoms with Gasteiger partial charge in [0.2, 0.25) is 0 Å². The summed E-state index contributed by atoms with van der Waals surface area (Å²) in [7, 11) is 0.974. The smallest absolute Gasteiger partial charge is 0.330 e. The summed E-state index contributed by atoms with van der Waals surface area (Å²) in [6, 6.07) is 0. The minimum absolute atomic E-state index is 0.561. The van der Waals surface area contributed by atoms with Gasteiger partial charge < -0.3 is 5.73 Å². The molecule has 1 unspecified atom stereocenters. The standard InChI is InChI=1S/C7H12F6N2/c1-15(4-6(8,9)10)3-5(2-14)7(11,12)13/h5H,2-4,14H2,1H3. The summed E-state index contributed by atoms with van der Waals surface area (Å²) in [4.78, 5) is 0.561. The van der Waals surface area contributed by atoms with Crippen LogP contribution in [-0.4, -0.2) is 43.9 Å². The first-order valence-electron chi connectivity index (χ1n) is 4.08. The maximum Gasteiger partial charge on any atom is 0.401 e. The molecular weight excluding hydrogens is 226 g/mol. The van der Waals surface area contributed by atoms with Gasteiger partial charge in [-0.3, -0.25) is 4.90 Å². The molecule has 0 aromatic rings. The van der Waals surface area contributed by atoms with Crippen molar-refractivity contribution in [1.82, 2.24) is 4.90 Å². The Morgan fingerprint density at radius 2 is 1.60 bits per heavy atom. The molecule has 0 spiro atoms. The van der Waals surface area contributed by atoms with Crippen molar-refractivity contribution >= 4 is 0 Å². The molecule has 0 aromatic heterocycles. The van der Waals surface area contributed by atoms with E-state index in [2.05, 4.69) is 0 Å². The second-order valence-electron chi connectivity index (χ2n) is 3.29. The Hall–Kier alpha value is -0.500. The van der Waals surface area contributed by atoms with E-state index in [0.717, 1.165) is 7.05 Å². The molecular formula is C7H12F6N2. The SMILES string of the molecule is CN(CC(CN)C(F)(F)F)CC(F)(F)F. The lowest BCUT2D eigenvalue weighted by Gasteiger charge is -2.25. The van der Waals surface area contributed by atoms with E-state index in [1.54, 1.807) is 0 Å². The van der Waals surface area contributed by atoms with Crippen molar-refractivity contribution in [3.05, 3.63) is 0 Å². The zero-order chi connectivity index (χ0) is 12.3. The first-order valence-corrected chi connectivity index (χ1v) is 4.08. The molecule has 0 amide bonds. The van der Waals surface area contributed by atoms with Crippen molar-refractivity contribution in [1.29, 1.82) is 0 Å². The van der Waals surface area contributed by atoms with Gasteiger partial charge in [-0.05, 0) is 7.05 Å². The Labute approximate surface area is 83.0 Å². The van der Waals surface area contributed by atoms with Crippen LogP contribution in [0.15, 0.2) is 0 Å². The molecule has 1 atom stereocenters. The van der Waals surface area contributed by atoms with Crippen LogP contribution < -0.4 is 5.73 Å². The van der Waals surface area contributed by atoms with E-state index in [-0.39, 0.29) is 0 Å². The fourth-order valence-electron chi connectivity index (χ4n) is 1.06. The number of rotatable bonds is 4. The summed E-state index contributed by atoms with van der Waals surface area (Å²) in [6.45, 7) is -2.84. The highest BCUT2D eigenvalue weighted by molar-refractivity contribution is 4.73. The van der Waals surface area contributed by atoms with E-state index in [1.807, 2.05) is 0 Å². The first kappa shape index (κ1) is 14.5. The van der Waals surface area contributed by atoms with Crippen molar-refractivity contribution in [3.8, 4) is 0 Å². The molecule has 2 nitrogen and oxygen atoms in total. The third-order valence-electron chi connectivity index (χ3n) is 1.73. The van der Waals surface area contributed by atoms with Gasteiger partial charge in [0.25, 0.3) is 0 Å². The Morgan fingerprint density at radius 1 is 1.13 bits per heavy atom. The van der Waals surface area contributed by atoms with E-state index in [0.29, 0.717) is 4.90 Å². The molecule has 0 aliphatic carbocycles. The summed E-state index contributed by atoms with van der Waals surface area (Å²) >= 11 is 0. The van der Waals surface area contributed by atoms with Crippen LogP contribution in [0.4, 0.5) is 26.3 Å². The molecule has 2 N–H and O–H groups in total. The Morgan fingerprint density at radius 3 is 1.87 bits per heavy atom. The summed E-state index contributed by atoms with van der Waals surface area (Å²) < 4.78 is 71.8. The first-order chi connectivity index (χ1) is 6.56. The monoisotopic (exact) mass is 238 g/mol. The van der Waals surface area contributed by atoms with Gasteiger partial charge in [-0.15, -0.1) is 0 Å². The maximum atomic E-state index is 12.1. The predicted octanol–water partition coefficient (Wildman–Crippen LogP) is 1.62. The van der Waals surface area contributed by atoms with Crippen molar-refractivity contribution < 1.29 is 26.3 Å². The van der Waals surface area contributed by atoms with E-state index >= 15 is 0 Å². The lowest BCUT2D eigenvalue weighted by Crippen LogP contribution is -2.42. The van der Waals surface area contributed by atoms with E-state index in [9.17, 15) is 26.3 Å². The predicted molar refractivity (Wildman–Crippen MR) is 42.2 cm³/mol. The van der Waals surface area contributed by atoms with Gasteiger partial charge in [0.15, 0.2) is 0 Å². The largest absolute Gasteiger partial charge is 0.401 e. The van der Waals surface area contributed by atoms with E-state index in [1.165, 1.54) is 0 Å². The highest BCUT2D eigenvalue weighted by Crippen LogP contribution is 2.26. The number of hydrogen-bond acceptors (Lipinski definition) is 2. The summed E-state index contributed by atoms with van der Waals surface area (Å²) in [5.41, 5.74) is 4.84. The van der Waals surface area contributed by atoms with Crippen LogP contribution in [-0.2, 0) is 0 Å². The van der Waals surface area contributed by atoms with Crippen LogP contribution in [0.5, 0.6) is 0 Å². The van der Waals surface area contributed by atoms with Gasteiger partial charge in [0.05, 0.1) is 12.5 Å². The zero-order valence-corrected chi connectivity index (χ0v) is 7.99. The number of nitrogens with two attached hydrogens (primary N) is 1. The Kier molecular flexibility index (Phi) is 4.85. The molecule has 0 bridgehead atoms. The highest BCUT2D eigenvalue weighted by atomic mass is 19.4. The molecule has 0 heterocycles. The number of nitrogens with zero attached hydrogens (tertiary/aromatic N) is 1. The molecule has 0 fully saturated rings. The summed E-state index contributed by atoms with van der Waals surface area (Å²) in [5, 5.41) is 0. The van der Waals surface area contributed by atoms with Crippen molar-refractivity contribution in [2.75, 3.05) is 26.7 Å². The van der Waals surface area contributed by atoms with Crippen LogP contribution in [0.2, 0.25) is 0 Å². The van der Waals surface area contributed by atoms with Gasteiger partial charge >= 0.3 is 12.4 Å². The van der Waals surface area contributed by atoms with E-state index < -0.39 is 37.9 Å². The van der Waals surface area contributed by atoms with Crippen LogP contribution >= 0.6 is 0 Å². The fourth-order valence-corrected chi connectivity index (χ4v) is 1.06. The van der Waals surface area contributed by atoms with Crippen molar-refractivity contribution in [3.63, 3.8) is 0 Å². The van der Waals surface area contributed by atoms with Gasteiger partial charge in [-0.1, -0.05) is 0 Å². The normalized spacial score (nSPS) is 15.8. The lowest BCUT2D eigenvalue weighted by atomic mass is 10.1.